The number of nitrogens with one attached hydrogen (secondary N) is 2. The van der Waals surface area contributed by atoms with E-state index in [1.807, 2.05) is 29.8 Å². The second-order valence-electron chi connectivity index (χ2n) is 4.41. The number of carbonyl (C=O) groups excluding carboxylic acids is 1. The monoisotopic (exact) mass is 289 g/mol. The van der Waals surface area contributed by atoms with Crippen molar-refractivity contribution in [3.8, 4) is 0 Å². The fourth-order valence-electron chi connectivity index (χ4n) is 2.11. The van der Waals surface area contributed by atoms with Gasteiger partial charge < -0.3 is 9.88 Å². The second kappa shape index (κ2) is 4.97. The predicted octanol–water partition coefficient (Wildman–Crippen LogP) is 1.88. The molecule has 0 aliphatic carbocycles. The van der Waals surface area contributed by atoms with Crippen LogP contribution in [0.1, 0.15) is 16.3 Å². The Morgan fingerprint density at radius 1 is 1.45 bits per heavy atom. The van der Waals surface area contributed by atoms with E-state index in [0.717, 1.165) is 10.9 Å². The maximum Gasteiger partial charge on any atom is 0.268 e. The number of nitrogens with zero attached hydrogens (tertiary/aromatic N) is 3. The standard InChI is InChI=1S/C13H12ClN5O/c1-19-10-3-2-9(14)4-8(10)5-11(19)13(20)15-6-12-16-7-17-18-12/h2-5,7H,6H2,1H3,(H,15,20)(H,16,17,18). The Hall–Kier alpha value is -2.34. The Balaban J connectivity index is 1.85. The molecule has 3 rings (SSSR count). The molecule has 0 fully saturated rings. The molecule has 0 aliphatic rings. The van der Waals surface area contributed by atoms with Crippen molar-refractivity contribution in [2.75, 3.05) is 0 Å². The molecule has 3 aromatic rings. The number of hydrogen-bond donors (Lipinski definition) is 2. The highest BCUT2D eigenvalue weighted by molar-refractivity contribution is 6.31. The van der Waals surface area contributed by atoms with Crippen molar-refractivity contribution in [1.82, 2.24) is 25.1 Å². The fourth-order valence-corrected chi connectivity index (χ4v) is 2.29. The van der Waals surface area contributed by atoms with Gasteiger partial charge in [0.1, 0.15) is 17.8 Å². The van der Waals surface area contributed by atoms with Gasteiger partial charge >= 0.3 is 0 Å². The van der Waals surface area contributed by atoms with Gasteiger partial charge in [-0.25, -0.2) is 4.98 Å². The molecular weight excluding hydrogens is 278 g/mol. The first-order valence-corrected chi connectivity index (χ1v) is 6.40. The zero-order chi connectivity index (χ0) is 14.1. The third-order valence-electron chi connectivity index (χ3n) is 3.12. The summed E-state index contributed by atoms with van der Waals surface area (Å²) in [6.07, 6.45) is 1.40. The van der Waals surface area contributed by atoms with Gasteiger partial charge in [-0.3, -0.25) is 9.89 Å². The number of halogens is 1. The minimum atomic E-state index is -0.170. The molecule has 6 nitrogen and oxygen atoms in total. The lowest BCUT2D eigenvalue weighted by molar-refractivity contribution is 0.0942. The second-order valence-corrected chi connectivity index (χ2v) is 4.84. The number of H-pyrrole nitrogens is 1. The number of aromatic nitrogens is 4. The Bertz CT molecular complexity index is 763. The van der Waals surface area contributed by atoms with E-state index in [-0.39, 0.29) is 5.91 Å². The van der Waals surface area contributed by atoms with Crippen molar-refractivity contribution >= 4 is 28.4 Å². The van der Waals surface area contributed by atoms with Crippen molar-refractivity contribution < 1.29 is 4.79 Å². The van der Waals surface area contributed by atoms with Gasteiger partial charge in [-0.15, -0.1) is 0 Å². The minimum Gasteiger partial charge on any atom is -0.343 e. The van der Waals surface area contributed by atoms with Gasteiger partial charge in [-0.2, -0.15) is 5.10 Å². The SMILES string of the molecule is Cn1c(C(=O)NCc2ncn[nH]2)cc2cc(Cl)ccc21. The lowest BCUT2D eigenvalue weighted by Gasteiger charge is -2.04. The maximum absolute atomic E-state index is 12.2. The molecule has 2 aromatic heterocycles. The highest BCUT2D eigenvalue weighted by atomic mass is 35.5. The summed E-state index contributed by atoms with van der Waals surface area (Å²) in [4.78, 5) is 16.1. The highest BCUT2D eigenvalue weighted by Crippen LogP contribution is 2.22. The molecule has 0 atom stereocenters. The van der Waals surface area contributed by atoms with Crippen LogP contribution < -0.4 is 5.32 Å². The molecule has 0 saturated carbocycles. The van der Waals surface area contributed by atoms with Crippen LogP contribution in [-0.4, -0.2) is 25.7 Å². The summed E-state index contributed by atoms with van der Waals surface area (Å²) in [5.74, 6) is 0.441. The molecule has 0 aliphatic heterocycles. The summed E-state index contributed by atoms with van der Waals surface area (Å²) in [6, 6.07) is 7.35. The van der Waals surface area contributed by atoms with Crippen LogP contribution >= 0.6 is 11.6 Å². The number of benzene rings is 1. The molecule has 102 valence electrons. The van der Waals surface area contributed by atoms with Gasteiger partial charge in [0, 0.05) is 23.0 Å². The Morgan fingerprint density at radius 2 is 2.30 bits per heavy atom. The van der Waals surface area contributed by atoms with Crippen LogP contribution in [-0.2, 0) is 13.6 Å². The van der Waals surface area contributed by atoms with Crippen LogP contribution in [0.3, 0.4) is 0 Å². The molecule has 1 amide bonds. The molecule has 0 bridgehead atoms. The van der Waals surface area contributed by atoms with Gasteiger partial charge in [-0.1, -0.05) is 11.6 Å². The highest BCUT2D eigenvalue weighted by Gasteiger charge is 2.13. The quantitative estimate of drug-likeness (QED) is 0.773. The number of aromatic amines is 1. The van der Waals surface area contributed by atoms with E-state index in [1.54, 1.807) is 6.07 Å². The minimum absolute atomic E-state index is 0.170. The largest absolute Gasteiger partial charge is 0.343 e. The van der Waals surface area contributed by atoms with Gasteiger partial charge in [0.05, 0.1) is 6.54 Å². The normalized spacial score (nSPS) is 10.9. The Kier molecular flexibility index (Phi) is 3.15. The molecule has 2 heterocycles. The van der Waals surface area contributed by atoms with E-state index < -0.39 is 0 Å². The first kappa shape index (κ1) is 12.7. The zero-order valence-electron chi connectivity index (χ0n) is 10.7. The van der Waals surface area contributed by atoms with Crippen LogP contribution in [0, 0.1) is 0 Å². The average Bonchev–Trinajstić information content (AvgIpc) is 3.04. The van der Waals surface area contributed by atoms with Crippen molar-refractivity contribution in [3.63, 3.8) is 0 Å². The summed E-state index contributed by atoms with van der Waals surface area (Å²) in [6.45, 7) is 0.307. The topological polar surface area (TPSA) is 75.6 Å². The number of aryl methyl sites for hydroxylation is 1. The van der Waals surface area contributed by atoms with E-state index >= 15 is 0 Å². The average molecular weight is 290 g/mol. The predicted molar refractivity (Wildman–Crippen MR) is 75.5 cm³/mol. The molecule has 0 spiro atoms. The molecule has 0 unspecified atom stereocenters. The first-order valence-electron chi connectivity index (χ1n) is 6.02. The number of carbonyl (C=O) groups is 1. The van der Waals surface area contributed by atoms with Gasteiger partial charge in [0.15, 0.2) is 0 Å². The van der Waals surface area contributed by atoms with Gasteiger partial charge in [0.2, 0.25) is 0 Å². The van der Waals surface area contributed by atoms with E-state index in [1.165, 1.54) is 6.33 Å². The fraction of sp³-hybridized carbons (Fsp3) is 0.154. The Morgan fingerprint density at radius 3 is 3.05 bits per heavy atom. The molecule has 0 saturated heterocycles. The molecule has 0 radical (unpaired) electrons. The summed E-state index contributed by atoms with van der Waals surface area (Å²) >= 11 is 5.96. The third-order valence-corrected chi connectivity index (χ3v) is 3.35. The summed E-state index contributed by atoms with van der Waals surface area (Å²) in [5, 5.41) is 10.8. The molecular formula is C13H12ClN5O. The number of fused-ring (bicyclic) bond motifs is 1. The third kappa shape index (κ3) is 2.25. The van der Waals surface area contributed by atoms with Crippen LogP contribution in [0.4, 0.5) is 0 Å². The number of rotatable bonds is 3. The lowest BCUT2D eigenvalue weighted by Crippen LogP contribution is -2.25. The van der Waals surface area contributed by atoms with Crippen molar-refractivity contribution in [2.45, 2.75) is 6.54 Å². The van der Waals surface area contributed by atoms with Crippen molar-refractivity contribution in [2.24, 2.45) is 7.05 Å². The van der Waals surface area contributed by atoms with Crippen LogP contribution in [0.5, 0.6) is 0 Å². The van der Waals surface area contributed by atoms with Gasteiger partial charge in [-0.05, 0) is 24.3 Å². The number of hydrogen-bond acceptors (Lipinski definition) is 3. The van der Waals surface area contributed by atoms with Crippen LogP contribution in [0.2, 0.25) is 5.02 Å². The van der Waals surface area contributed by atoms with E-state index in [4.69, 9.17) is 11.6 Å². The summed E-state index contributed by atoms with van der Waals surface area (Å²) < 4.78 is 1.83. The lowest BCUT2D eigenvalue weighted by atomic mass is 10.2. The Labute approximate surface area is 119 Å². The molecule has 20 heavy (non-hydrogen) atoms. The molecule has 1 aromatic carbocycles. The number of amides is 1. The van der Waals surface area contributed by atoms with Crippen molar-refractivity contribution in [3.05, 3.63) is 47.1 Å². The zero-order valence-corrected chi connectivity index (χ0v) is 11.5. The smallest absolute Gasteiger partial charge is 0.268 e. The van der Waals surface area contributed by atoms with Gasteiger partial charge in [0.25, 0.3) is 5.91 Å². The van der Waals surface area contributed by atoms with E-state index in [0.29, 0.717) is 23.1 Å². The summed E-state index contributed by atoms with van der Waals surface area (Å²) in [7, 11) is 1.85. The van der Waals surface area contributed by atoms with Crippen LogP contribution in [0.15, 0.2) is 30.6 Å². The molecule has 2 N–H and O–H groups in total. The van der Waals surface area contributed by atoms with Crippen LogP contribution in [0.25, 0.3) is 10.9 Å². The van der Waals surface area contributed by atoms with Crippen molar-refractivity contribution in [1.29, 1.82) is 0 Å². The summed E-state index contributed by atoms with van der Waals surface area (Å²) in [5.41, 5.74) is 1.53. The molecule has 7 heteroatoms. The maximum atomic E-state index is 12.2. The first-order chi connectivity index (χ1) is 9.65. The van der Waals surface area contributed by atoms with E-state index in [9.17, 15) is 4.79 Å². The van der Waals surface area contributed by atoms with E-state index in [2.05, 4.69) is 20.5 Å².